The zero-order valence-corrected chi connectivity index (χ0v) is 12.2. The monoisotopic (exact) mass is 298 g/mol. The highest BCUT2D eigenvalue weighted by Gasteiger charge is 2.51. The van der Waals surface area contributed by atoms with Crippen molar-refractivity contribution in [1.29, 1.82) is 0 Å². The first-order valence-corrected chi connectivity index (χ1v) is 6.72. The Labute approximate surface area is 111 Å². The van der Waals surface area contributed by atoms with Gasteiger partial charge in [-0.25, -0.2) is 0 Å². The fourth-order valence-electron chi connectivity index (χ4n) is 2.16. The van der Waals surface area contributed by atoms with Gasteiger partial charge < -0.3 is 9.84 Å². The molecular formula is C14H19BrO2. The Balaban J connectivity index is 2.16. The Morgan fingerprint density at radius 2 is 2.12 bits per heavy atom. The minimum atomic E-state index is -0.624. The summed E-state index contributed by atoms with van der Waals surface area (Å²) in [6.45, 7) is 4.10. The van der Waals surface area contributed by atoms with Gasteiger partial charge in [-0.15, -0.1) is 0 Å². The van der Waals surface area contributed by atoms with Crippen molar-refractivity contribution in [3.05, 3.63) is 28.2 Å². The molecule has 2 rings (SSSR count). The molecule has 0 radical (unpaired) electrons. The number of halogens is 1. The molecule has 1 atom stereocenters. The maximum absolute atomic E-state index is 10.5. The minimum absolute atomic E-state index is 0.0966. The molecule has 1 aliphatic rings. The second-order valence-corrected chi connectivity index (χ2v) is 6.33. The van der Waals surface area contributed by atoms with Crippen LogP contribution in [-0.4, -0.2) is 17.8 Å². The predicted molar refractivity (Wildman–Crippen MR) is 72.4 cm³/mol. The number of methoxy groups -OCH3 is 1. The van der Waals surface area contributed by atoms with E-state index < -0.39 is 5.60 Å². The van der Waals surface area contributed by atoms with Crippen LogP contribution in [-0.2, 0) is 6.42 Å². The maximum Gasteiger partial charge on any atom is 0.133 e. The van der Waals surface area contributed by atoms with Crippen LogP contribution in [0.2, 0.25) is 0 Å². The van der Waals surface area contributed by atoms with Gasteiger partial charge in [0.2, 0.25) is 0 Å². The summed E-state index contributed by atoms with van der Waals surface area (Å²) in [5.74, 6) is 0.825. The van der Waals surface area contributed by atoms with E-state index in [1.54, 1.807) is 7.11 Å². The molecule has 0 bridgehead atoms. The van der Waals surface area contributed by atoms with Crippen molar-refractivity contribution in [1.82, 2.24) is 0 Å². The topological polar surface area (TPSA) is 29.5 Å². The van der Waals surface area contributed by atoms with Crippen molar-refractivity contribution in [2.24, 2.45) is 5.41 Å². The molecule has 1 unspecified atom stereocenters. The zero-order valence-electron chi connectivity index (χ0n) is 10.6. The lowest BCUT2D eigenvalue weighted by atomic mass is 9.82. The summed E-state index contributed by atoms with van der Waals surface area (Å²) in [5, 5.41) is 10.5. The number of hydrogen-bond acceptors (Lipinski definition) is 2. The molecule has 1 aromatic carbocycles. The fraction of sp³-hybridized carbons (Fsp3) is 0.571. The highest BCUT2D eigenvalue weighted by Crippen LogP contribution is 2.54. The standard InChI is InChI=1S/C14H19BrO2/c1-13(6-7-13)14(2,16)9-10-4-5-12(17-3)11(15)8-10/h4-5,8,16H,6-7,9H2,1-3H3. The molecule has 1 saturated carbocycles. The maximum atomic E-state index is 10.5. The summed E-state index contributed by atoms with van der Waals surface area (Å²) in [5.41, 5.74) is 0.608. The molecule has 94 valence electrons. The van der Waals surface area contributed by atoms with Crippen molar-refractivity contribution < 1.29 is 9.84 Å². The van der Waals surface area contributed by atoms with Crippen LogP contribution in [0.1, 0.15) is 32.3 Å². The van der Waals surface area contributed by atoms with Gasteiger partial charge in [-0.05, 0) is 58.8 Å². The van der Waals surface area contributed by atoms with Crippen LogP contribution in [0.4, 0.5) is 0 Å². The molecule has 3 heteroatoms. The van der Waals surface area contributed by atoms with Crippen molar-refractivity contribution in [2.45, 2.75) is 38.7 Å². The van der Waals surface area contributed by atoms with Crippen molar-refractivity contribution >= 4 is 15.9 Å². The lowest BCUT2D eigenvalue weighted by molar-refractivity contribution is -0.00703. The Kier molecular flexibility index (Phi) is 3.25. The molecule has 0 heterocycles. The average Bonchev–Trinajstić information content (AvgIpc) is 2.98. The molecule has 1 N–H and O–H groups in total. The van der Waals surface area contributed by atoms with E-state index in [1.807, 2.05) is 25.1 Å². The first-order chi connectivity index (χ1) is 7.88. The third-order valence-corrected chi connectivity index (χ3v) is 4.68. The molecule has 17 heavy (non-hydrogen) atoms. The average molecular weight is 299 g/mol. The zero-order chi connectivity index (χ0) is 12.7. The number of aliphatic hydroxyl groups is 1. The van der Waals surface area contributed by atoms with Crippen LogP contribution < -0.4 is 4.74 Å². The first kappa shape index (κ1) is 12.9. The summed E-state index contributed by atoms with van der Waals surface area (Å²) < 4.78 is 6.14. The van der Waals surface area contributed by atoms with E-state index in [4.69, 9.17) is 4.74 Å². The molecule has 1 aromatic rings. The van der Waals surface area contributed by atoms with Gasteiger partial charge in [0.05, 0.1) is 17.2 Å². The molecule has 2 nitrogen and oxygen atoms in total. The van der Waals surface area contributed by atoms with Crippen LogP contribution in [0, 0.1) is 5.41 Å². The normalized spacial score (nSPS) is 20.8. The van der Waals surface area contributed by atoms with Crippen LogP contribution in [0.3, 0.4) is 0 Å². The van der Waals surface area contributed by atoms with Gasteiger partial charge in [0.15, 0.2) is 0 Å². The van der Waals surface area contributed by atoms with Gasteiger partial charge in [0.1, 0.15) is 5.75 Å². The molecule has 0 aliphatic heterocycles. The van der Waals surface area contributed by atoms with E-state index in [2.05, 4.69) is 22.9 Å². The van der Waals surface area contributed by atoms with Gasteiger partial charge in [0.25, 0.3) is 0 Å². The number of ether oxygens (including phenoxy) is 1. The van der Waals surface area contributed by atoms with E-state index in [0.29, 0.717) is 6.42 Å². The van der Waals surface area contributed by atoms with Gasteiger partial charge in [-0.1, -0.05) is 13.0 Å². The van der Waals surface area contributed by atoms with Crippen LogP contribution in [0.15, 0.2) is 22.7 Å². The molecule has 0 spiro atoms. The highest BCUT2D eigenvalue weighted by atomic mass is 79.9. The number of benzene rings is 1. The Bertz CT molecular complexity index is 422. The first-order valence-electron chi connectivity index (χ1n) is 5.93. The number of hydrogen-bond donors (Lipinski definition) is 1. The smallest absolute Gasteiger partial charge is 0.133 e. The Morgan fingerprint density at radius 3 is 2.59 bits per heavy atom. The Hall–Kier alpha value is -0.540. The lowest BCUT2D eigenvalue weighted by Crippen LogP contribution is -2.36. The molecule has 0 aromatic heterocycles. The van der Waals surface area contributed by atoms with E-state index in [1.165, 1.54) is 0 Å². The third kappa shape index (κ3) is 2.50. The predicted octanol–water partition coefficient (Wildman–Crippen LogP) is 3.55. The second-order valence-electron chi connectivity index (χ2n) is 5.48. The van der Waals surface area contributed by atoms with Gasteiger partial charge in [-0.3, -0.25) is 0 Å². The fourth-order valence-corrected chi connectivity index (χ4v) is 2.74. The van der Waals surface area contributed by atoms with E-state index in [9.17, 15) is 5.11 Å². The Morgan fingerprint density at radius 1 is 1.47 bits per heavy atom. The van der Waals surface area contributed by atoms with Gasteiger partial charge in [0, 0.05) is 6.42 Å². The molecule has 1 fully saturated rings. The van der Waals surface area contributed by atoms with Crippen LogP contribution in [0.25, 0.3) is 0 Å². The molecule has 1 aliphatic carbocycles. The summed E-state index contributed by atoms with van der Waals surface area (Å²) in [6, 6.07) is 5.98. The van der Waals surface area contributed by atoms with E-state index in [0.717, 1.165) is 28.6 Å². The van der Waals surface area contributed by atoms with Gasteiger partial charge in [-0.2, -0.15) is 0 Å². The molecular weight excluding hydrogens is 280 g/mol. The van der Waals surface area contributed by atoms with Gasteiger partial charge >= 0.3 is 0 Å². The summed E-state index contributed by atoms with van der Waals surface area (Å²) in [6.07, 6.45) is 2.93. The van der Waals surface area contributed by atoms with E-state index in [-0.39, 0.29) is 5.41 Å². The quantitative estimate of drug-likeness (QED) is 0.921. The minimum Gasteiger partial charge on any atom is -0.496 e. The molecule has 0 amide bonds. The highest BCUT2D eigenvalue weighted by molar-refractivity contribution is 9.10. The van der Waals surface area contributed by atoms with Crippen molar-refractivity contribution in [2.75, 3.05) is 7.11 Å². The third-order valence-electron chi connectivity index (χ3n) is 4.06. The summed E-state index contributed by atoms with van der Waals surface area (Å²) in [7, 11) is 1.65. The van der Waals surface area contributed by atoms with Crippen LogP contribution in [0.5, 0.6) is 5.75 Å². The van der Waals surface area contributed by atoms with Crippen molar-refractivity contribution in [3.8, 4) is 5.75 Å². The second kappa shape index (κ2) is 4.29. The van der Waals surface area contributed by atoms with Crippen LogP contribution >= 0.6 is 15.9 Å². The SMILES string of the molecule is COc1ccc(CC(C)(O)C2(C)CC2)cc1Br. The largest absolute Gasteiger partial charge is 0.496 e. The number of rotatable bonds is 4. The van der Waals surface area contributed by atoms with E-state index >= 15 is 0 Å². The lowest BCUT2D eigenvalue weighted by Gasteiger charge is -2.30. The molecule has 0 saturated heterocycles. The summed E-state index contributed by atoms with van der Waals surface area (Å²) >= 11 is 3.47. The van der Waals surface area contributed by atoms with Crippen molar-refractivity contribution in [3.63, 3.8) is 0 Å². The summed E-state index contributed by atoms with van der Waals surface area (Å²) in [4.78, 5) is 0.